The molecule has 0 unspecified atom stereocenters. The second kappa shape index (κ2) is 56.2. The number of anilines is 3. The molecule has 0 saturated carbocycles. The molecule has 1 aliphatic rings. The number of nitrogens with two attached hydrogens (primary N) is 2. The first-order chi connectivity index (χ1) is 61.2. The van der Waals surface area contributed by atoms with Crippen LogP contribution in [0.2, 0.25) is 0 Å². The number of esters is 1. The first kappa shape index (κ1) is 106. The van der Waals surface area contributed by atoms with Gasteiger partial charge in [0.1, 0.15) is 35.4 Å². The number of guanidine groups is 1. The third-order valence-corrected chi connectivity index (χ3v) is 22.7. The van der Waals surface area contributed by atoms with Gasteiger partial charge in [0, 0.05) is 74.9 Å². The van der Waals surface area contributed by atoms with E-state index in [1.165, 1.54) is 17.4 Å². The van der Waals surface area contributed by atoms with Gasteiger partial charge in [0.05, 0.1) is 89.2 Å². The van der Waals surface area contributed by atoms with Crippen molar-refractivity contribution in [2.75, 3.05) is 102 Å². The van der Waals surface area contributed by atoms with Gasteiger partial charge in [-0.05, 0) is 155 Å². The van der Waals surface area contributed by atoms with E-state index in [1.807, 2.05) is 82.1 Å². The monoisotopic (exact) mass is 1790 g/mol. The lowest BCUT2D eigenvalue weighted by atomic mass is 9.84. The van der Waals surface area contributed by atoms with Crippen molar-refractivity contribution in [3.63, 3.8) is 0 Å². The highest BCUT2D eigenvalue weighted by Crippen LogP contribution is 2.34. The number of carbonyl (C=O) groups is 11. The van der Waals surface area contributed by atoms with Crippen LogP contribution in [0.15, 0.2) is 114 Å². The predicted octanol–water partition coefficient (Wildman–Crippen LogP) is 10.4. The molecule has 9 amide bonds. The first-order valence-electron chi connectivity index (χ1n) is 44.1. The Labute approximate surface area is 756 Å². The molecule has 5 aromatic rings. The zero-order valence-corrected chi connectivity index (χ0v) is 76.9. The van der Waals surface area contributed by atoms with Crippen LogP contribution in [-0.4, -0.2) is 214 Å². The van der Waals surface area contributed by atoms with Crippen molar-refractivity contribution in [1.29, 1.82) is 0 Å². The number of benzene rings is 4. The smallest absolute Gasteiger partial charge is 0.411 e. The molecule has 2 heterocycles. The van der Waals surface area contributed by atoms with E-state index in [2.05, 4.69) is 72.7 Å². The summed E-state index contributed by atoms with van der Waals surface area (Å²) in [5.74, 6) is -3.65. The average Bonchev–Trinajstić information content (AvgIpc) is 1.16. The Balaban J connectivity index is 0.925. The van der Waals surface area contributed by atoms with Crippen molar-refractivity contribution in [1.82, 2.24) is 41.5 Å². The molecule has 8 atom stereocenters. The number of hydrogen-bond donors (Lipinski definition) is 10. The van der Waals surface area contributed by atoms with E-state index in [0.29, 0.717) is 74.4 Å². The minimum atomic E-state index is -1.30. The molecule has 700 valence electrons. The number of hydroxylamine groups is 2. The number of thiazole rings is 1. The zero-order valence-electron chi connectivity index (χ0n) is 76.1. The van der Waals surface area contributed by atoms with Gasteiger partial charge in [-0.25, -0.2) is 14.8 Å². The predicted molar refractivity (Wildman–Crippen MR) is 491 cm³/mol. The minimum absolute atomic E-state index is 0.00491. The van der Waals surface area contributed by atoms with E-state index in [9.17, 15) is 57.8 Å². The lowest BCUT2D eigenvalue weighted by molar-refractivity contribution is -0.213. The largest absolute Gasteiger partial charge is 0.481 e. The fourth-order valence-electron chi connectivity index (χ4n) is 14.2. The van der Waals surface area contributed by atoms with Crippen LogP contribution in [0.25, 0.3) is 6.08 Å². The number of unbranched alkanes of at least 4 members (excludes halogenated alkanes) is 1. The first-order valence-corrected chi connectivity index (χ1v) is 44.9. The second-order valence-electron chi connectivity index (χ2n) is 33.0. The van der Waals surface area contributed by atoms with Gasteiger partial charge in [-0.1, -0.05) is 141 Å². The topological polar surface area (TPSA) is 444 Å². The molecule has 34 heteroatoms. The Bertz CT molecular complexity index is 4460. The maximum atomic E-state index is 15.0. The standard InChI is InChI=1S/C94H134N14O19S/c1-14-18-25-47-126-108(90(117)84(64(9)15-2)105-87(115)77-32-23-24-46-106(77)13)78(62(5)6)57-79(127-65(10)109)89-103-75(61-128-89)86(114)100-73(58-94(11,12)91(118)119)56-66-33-37-72(38-34-66)101-93(120)125-60-67-35-39-71(40-36-67)99-85(113)74(30-26-44-98-92(95)96)102-88(116)83(63(7)8)104-81(111)43-48-121-50-52-123-54-55-124-53-51-122-49-45-97-80(110)41-42-82(112)107(76-31-22-21-28-69(76)17-4)59-70-29-20-19-27-68(70)16-3/h1,17,19-22,27-29,31,33-40,61-64,73-74,77-79,83-84H,4,15-16,18,23-26,30,32,41-60H2,2-3,5-13H3,(H,97,110)(H,99,113)(H,100,114)(H,101,120)(H,102,116)(H,104,111)(H,105,115)(H,118,119)(H4,95,96,98)/t64-,73-,74-,77+,78+,79+,83-,84-/m0/s1. The molecular formula is C94H134N14O19S. The molecule has 1 aliphatic heterocycles. The summed E-state index contributed by atoms with van der Waals surface area (Å²) in [7, 11) is 1.90. The van der Waals surface area contributed by atoms with E-state index in [4.69, 9.17) is 51.1 Å². The molecule has 33 nitrogen and oxygen atoms in total. The Hall–Kier alpha value is -11.2. The number of likely N-dealkylation sites (tertiary alicyclic amines) is 1. The van der Waals surface area contributed by atoms with Crippen molar-refractivity contribution in [3.05, 3.63) is 148 Å². The van der Waals surface area contributed by atoms with E-state index in [-0.39, 0.29) is 163 Å². The van der Waals surface area contributed by atoms with Crippen molar-refractivity contribution in [3.8, 4) is 12.3 Å². The van der Waals surface area contributed by atoms with Gasteiger partial charge in [-0.2, -0.15) is 0 Å². The van der Waals surface area contributed by atoms with Gasteiger partial charge in [-0.3, -0.25) is 68.0 Å². The van der Waals surface area contributed by atoms with Crippen LogP contribution in [0.5, 0.6) is 0 Å². The number of nitrogens with one attached hydrogen (secondary N) is 7. The van der Waals surface area contributed by atoms with Crippen molar-refractivity contribution < 1.29 is 91.1 Å². The van der Waals surface area contributed by atoms with Gasteiger partial charge < -0.3 is 81.8 Å². The molecule has 0 aliphatic carbocycles. The lowest BCUT2D eigenvalue weighted by Crippen LogP contribution is -2.58. The number of carboxylic acid groups (broad SMARTS) is 1. The minimum Gasteiger partial charge on any atom is -0.481 e. The molecule has 128 heavy (non-hydrogen) atoms. The van der Waals surface area contributed by atoms with Crippen LogP contribution in [0.4, 0.5) is 21.9 Å². The molecule has 0 radical (unpaired) electrons. The summed E-state index contributed by atoms with van der Waals surface area (Å²) in [6, 6.07) is 23.7. The Kier molecular flexibility index (Phi) is 46.4. The number of aliphatic imine (C=N–C) groups is 1. The van der Waals surface area contributed by atoms with E-state index in [1.54, 1.807) is 87.2 Å². The zero-order chi connectivity index (χ0) is 93.7. The maximum absolute atomic E-state index is 15.0. The van der Waals surface area contributed by atoms with Crippen LogP contribution in [-0.2, 0) is 102 Å². The number of likely N-dealkylation sites (N-methyl/N-ethyl adjacent to an activating group) is 1. The van der Waals surface area contributed by atoms with E-state index < -0.39 is 95.3 Å². The maximum Gasteiger partial charge on any atom is 0.411 e. The SMILES string of the molecule is C#CCCCON(C(=O)[C@@H](NC(=O)[C@H]1CCCCN1C)[C@@H](C)CC)[C@H](C[C@@H](OC(C)=O)c1nc(C(=O)N[C@@H](Cc2ccc(NC(=O)OCc3ccc(NC(=O)[C@H](CCCN=C(N)N)NC(=O)[C@@H](NC(=O)CCOCCOCCOCCOCCNC(=O)CCC(=O)N(Cc4ccccc4CC)c4ccccc4C=C)C(C)C)cc3)cc2)CC(C)(C)C(=O)O)cs1)C(C)C. The number of aromatic nitrogens is 1. The van der Waals surface area contributed by atoms with Gasteiger partial charge in [0.15, 0.2) is 12.1 Å². The highest BCUT2D eigenvalue weighted by molar-refractivity contribution is 7.09. The fourth-order valence-corrected chi connectivity index (χ4v) is 15.0. The molecule has 6 rings (SSSR count). The second-order valence-corrected chi connectivity index (χ2v) is 33.8. The Morgan fingerprint density at radius 3 is 1.99 bits per heavy atom. The number of ether oxygens (including phenoxy) is 6. The molecule has 0 spiro atoms. The fraction of sp³-hybridized carbons (Fsp3) is 0.543. The van der Waals surface area contributed by atoms with Crippen LogP contribution >= 0.6 is 11.3 Å². The number of amides is 9. The number of nitrogens with zero attached hydrogens (tertiary/aromatic N) is 5. The van der Waals surface area contributed by atoms with Crippen LogP contribution in [0.1, 0.15) is 202 Å². The quantitative estimate of drug-likeness (QED) is 0.00432. The number of terminal acetylenes is 1. The third kappa shape index (κ3) is 36.9. The summed E-state index contributed by atoms with van der Waals surface area (Å²) in [4.78, 5) is 168. The van der Waals surface area contributed by atoms with Crippen molar-refractivity contribution in [2.45, 2.75) is 221 Å². The molecule has 4 aromatic carbocycles. The number of carbonyl (C=O) groups excluding carboxylic acids is 10. The summed E-state index contributed by atoms with van der Waals surface area (Å²) in [6.45, 7) is 24.8. The number of piperidine rings is 1. The molecule has 1 aromatic heterocycles. The highest BCUT2D eigenvalue weighted by Gasteiger charge is 2.41. The van der Waals surface area contributed by atoms with Gasteiger partial charge in [-0.15, -0.1) is 23.7 Å². The molecule has 1 fully saturated rings. The van der Waals surface area contributed by atoms with Crippen molar-refractivity contribution in [2.24, 2.45) is 39.6 Å². The number of rotatable bonds is 58. The number of carboxylic acids is 1. The molecular weight excluding hydrogens is 1660 g/mol. The summed E-state index contributed by atoms with van der Waals surface area (Å²) in [5.41, 5.74) is 15.5. The average molecular weight is 1800 g/mol. The number of hydrogen-bond acceptors (Lipinski definition) is 22. The Morgan fingerprint density at radius 2 is 1.38 bits per heavy atom. The summed E-state index contributed by atoms with van der Waals surface area (Å²) < 4.78 is 33.9. The molecule has 1 saturated heterocycles. The van der Waals surface area contributed by atoms with Gasteiger partial charge >= 0.3 is 18.0 Å². The third-order valence-electron chi connectivity index (χ3n) is 21.7. The lowest BCUT2D eigenvalue weighted by Gasteiger charge is -2.39. The van der Waals surface area contributed by atoms with Gasteiger partial charge in [0.25, 0.3) is 11.8 Å². The van der Waals surface area contributed by atoms with Crippen LogP contribution in [0.3, 0.4) is 0 Å². The number of para-hydroxylation sites is 1. The normalized spacial score (nSPS) is 14.4. The Morgan fingerprint density at radius 1 is 0.734 bits per heavy atom. The van der Waals surface area contributed by atoms with Crippen LogP contribution < -0.4 is 53.6 Å². The van der Waals surface area contributed by atoms with E-state index >= 15 is 0 Å². The number of aliphatic carboxylic acids is 1. The summed E-state index contributed by atoms with van der Waals surface area (Å²) >= 11 is 1.07. The van der Waals surface area contributed by atoms with Crippen molar-refractivity contribution >= 4 is 106 Å². The number of aryl methyl sites for hydroxylation is 1. The summed E-state index contributed by atoms with van der Waals surface area (Å²) in [5, 5.41) is 33.2. The molecule has 0 bridgehead atoms. The molecule has 12 N–H and O–H groups in total. The van der Waals surface area contributed by atoms with Gasteiger partial charge in [0.2, 0.25) is 35.4 Å². The van der Waals surface area contributed by atoms with E-state index in [0.717, 1.165) is 59.5 Å². The highest BCUT2D eigenvalue weighted by atomic mass is 32.1. The van der Waals surface area contributed by atoms with Crippen LogP contribution in [0, 0.1) is 35.5 Å². The summed E-state index contributed by atoms with van der Waals surface area (Å²) in [6.07, 6.45) is 10.7.